The number of hydrogen-bond donors (Lipinski definition) is 1. The maximum absolute atomic E-state index is 5.66. The standard InChI is InChI=1S/C16H27NS/c1-2-3-4-5-6-7-8-9-14-18-16-12-10-15(17)11-13-16/h10-13H,2-9,14,17H2,1H3. The largest absolute Gasteiger partial charge is 0.399 e. The Hall–Kier alpha value is -0.630. The van der Waals surface area contributed by atoms with Gasteiger partial charge in [-0.1, -0.05) is 51.9 Å². The Morgan fingerprint density at radius 3 is 2.00 bits per heavy atom. The Bertz CT molecular complexity index is 294. The highest BCUT2D eigenvalue weighted by Gasteiger charge is 1.95. The second kappa shape index (κ2) is 10.3. The van der Waals surface area contributed by atoms with Gasteiger partial charge in [0.25, 0.3) is 0 Å². The number of benzene rings is 1. The van der Waals surface area contributed by atoms with E-state index in [0.717, 1.165) is 5.69 Å². The first kappa shape index (κ1) is 15.4. The molecule has 0 aliphatic carbocycles. The number of anilines is 1. The fraction of sp³-hybridized carbons (Fsp3) is 0.625. The predicted octanol–water partition coefficient (Wildman–Crippen LogP) is 5.50. The van der Waals surface area contributed by atoms with E-state index in [1.165, 1.54) is 62.0 Å². The van der Waals surface area contributed by atoms with Crippen molar-refractivity contribution in [2.24, 2.45) is 0 Å². The van der Waals surface area contributed by atoms with Crippen LogP contribution in [0.3, 0.4) is 0 Å². The lowest BCUT2D eigenvalue weighted by atomic mass is 10.1. The minimum Gasteiger partial charge on any atom is -0.399 e. The van der Waals surface area contributed by atoms with Gasteiger partial charge in [-0.05, 0) is 36.4 Å². The normalized spacial score (nSPS) is 10.7. The van der Waals surface area contributed by atoms with E-state index >= 15 is 0 Å². The Kier molecular flexibility index (Phi) is 8.83. The van der Waals surface area contributed by atoms with Crippen molar-refractivity contribution >= 4 is 17.4 Å². The molecule has 0 fully saturated rings. The quantitative estimate of drug-likeness (QED) is 0.343. The Labute approximate surface area is 117 Å². The van der Waals surface area contributed by atoms with Crippen LogP contribution in [-0.2, 0) is 0 Å². The highest BCUT2D eigenvalue weighted by molar-refractivity contribution is 7.99. The van der Waals surface area contributed by atoms with E-state index in [9.17, 15) is 0 Å². The maximum Gasteiger partial charge on any atom is 0.0314 e. The third-order valence-corrected chi connectivity index (χ3v) is 4.25. The van der Waals surface area contributed by atoms with Gasteiger partial charge in [0.2, 0.25) is 0 Å². The van der Waals surface area contributed by atoms with Gasteiger partial charge in [-0.25, -0.2) is 0 Å². The summed E-state index contributed by atoms with van der Waals surface area (Å²) in [5.41, 5.74) is 6.51. The molecule has 0 bridgehead atoms. The fourth-order valence-corrected chi connectivity index (χ4v) is 2.90. The first-order valence-corrected chi connectivity index (χ1v) is 8.30. The molecule has 0 heterocycles. The Morgan fingerprint density at radius 1 is 0.833 bits per heavy atom. The molecule has 0 radical (unpaired) electrons. The van der Waals surface area contributed by atoms with Crippen LogP contribution in [0.5, 0.6) is 0 Å². The first-order chi connectivity index (χ1) is 8.83. The number of nitrogens with two attached hydrogens (primary N) is 1. The van der Waals surface area contributed by atoms with Crippen LogP contribution in [0.2, 0.25) is 0 Å². The van der Waals surface area contributed by atoms with E-state index in [2.05, 4.69) is 19.1 Å². The summed E-state index contributed by atoms with van der Waals surface area (Å²) in [4.78, 5) is 1.34. The Balaban J connectivity index is 1.91. The lowest BCUT2D eigenvalue weighted by molar-refractivity contribution is 0.586. The van der Waals surface area contributed by atoms with Crippen molar-refractivity contribution in [1.82, 2.24) is 0 Å². The van der Waals surface area contributed by atoms with Gasteiger partial charge < -0.3 is 5.73 Å². The molecule has 0 amide bonds. The number of hydrogen-bond acceptors (Lipinski definition) is 2. The topological polar surface area (TPSA) is 26.0 Å². The summed E-state index contributed by atoms with van der Waals surface area (Å²) in [6.07, 6.45) is 11.2. The summed E-state index contributed by atoms with van der Waals surface area (Å²) in [5, 5.41) is 0. The smallest absolute Gasteiger partial charge is 0.0314 e. The van der Waals surface area contributed by atoms with Gasteiger partial charge in [0, 0.05) is 10.6 Å². The molecule has 18 heavy (non-hydrogen) atoms. The number of rotatable bonds is 10. The first-order valence-electron chi connectivity index (χ1n) is 7.31. The van der Waals surface area contributed by atoms with Gasteiger partial charge in [0.05, 0.1) is 0 Å². The fourth-order valence-electron chi connectivity index (χ4n) is 1.99. The Morgan fingerprint density at radius 2 is 1.39 bits per heavy atom. The summed E-state index contributed by atoms with van der Waals surface area (Å²) < 4.78 is 0. The molecule has 0 spiro atoms. The number of thioether (sulfide) groups is 1. The summed E-state index contributed by atoms with van der Waals surface area (Å²) in [7, 11) is 0. The molecule has 2 N–H and O–H groups in total. The van der Waals surface area contributed by atoms with E-state index in [0.29, 0.717) is 0 Å². The highest BCUT2D eigenvalue weighted by atomic mass is 32.2. The van der Waals surface area contributed by atoms with Crippen molar-refractivity contribution < 1.29 is 0 Å². The summed E-state index contributed by atoms with van der Waals surface area (Å²) in [5.74, 6) is 1.23. The van der Waals surface area contributed by atoms with Crippen LogP contribution in [0.4, 0.5) is 5.69 Å². The third kappa shape index (κ3) is 7.65. The van der Waals surface area contributed by atoms with E-state index in [1.807, 2.05) is 23.9 Å². The molecular formula is C16H27NS. The van der Waals surface area contributed by atoms with Gasteiger partial charge >= 0.3 is 0 Å². The van der Waals surface area contributed by atoms with Crippen LogP contribution in [0.15, 0.2) is 29.2 Å². The van der Waals surface area contributed by atoms with Gasteiger partial charge in [0.1, 0.15) is 0 Å². The van der Waals surface area contributed by atoms with Crippen molar-refractivity contribution in [3.8, 4) is 0 Å². The van der Waals surface area contributed by atoms with Crippen molar-refractivity contribution in [2.75, 3.05) is 11.5 Å². The van der Waals surface area contributed by atoms with Crippen LogP contribution in [0.1, 0.15) is 58.3 Å². The second-order valence-corrected chi connectivity index (χ2v) is 6.06. The van der Waals surface area contributed by atoms with Crippen molar-refractivity contribution in [3.05, 3.63) is 24.3 Å². The molecule has 1 aromatic carbocycles. The zero-order chi connectivity index (χ0) is 13.1. The van der Waals surface area contributed by atoms with E-state index in [4.69, 9.17) is 5.73 Å². The van der Waals surface area contributed by atoms with Gasteiger partial charge in [-0.2, -0.15) is 0 Å². The summed E-state index contributed by atoms with van der Waals surface area (Å²) >= 11 is 1.95. The molecular weight excluding hydrogens is 238 g/mol. The summed E-state index contributed by atoms with van der Waals surface area (Å²) in [6, 6.07) is 8.20. The summed E-state index contributed by atoms with van der Waals surface area (Å²) in [6.45, 7) is 2.27. The molecule has 0 saturated heterocycles. The van der Waals surface area contributed by atoms with Crippen molar-refractivity contribution in [2.45, 2.75) is 63.2 Å². The zero-order valence-corrected chi connectivity index (χ0v) is 12.5. The molecule has 0 aliphatic heterocycles. The number of unbranched alkanes of at least 4 members (excludes halogenated alkanes) is 7. The molecule has 1 aromatic rings. The van der Waals surface area contributed by atoms with Gasteiger partial charge in [0.15, 0.2) is 0 Å². The lowest BCUT2D eigenvalue weighted by Crippen LogP contribution is -1.85. The predicted molar refractivity (Wildman–Crippen MR) is 84.2 cm³/mol. The highest BCUT2D eigenvalue weighted by Crippen LogP contribution is 2.21. The maximum atomic E-state index is 5.66. The van der Waals surface area contributed by atoms with Crippen LogP contribution in [0.25, 0.3) is 0 Å². The molecule has 0 aliphatic rings. The second-order valence-electron chi connectivity index (χ2n) is 4.89. The minimum atomic E-state index is 0.853. The molecule has 0 aromatic heterocycles. The van der Waals surface area contributed by atoms with Crippen LogP contribution >= 0.6 is 11.8 Å². The molecule has 0 atom stereocenters. The molecule has 0 unspecified atom stereocenters. The molecule has 102 valence electrons. The average Bonchev–Trinajstić information content (AvgIpc) is 2.39. The molecule has 0 saturated carbocycles. The van der Waals surface area contributed by atoms with Crippen LogP contribution in [0, 0.1) is 0 Å². The van der Waals surface area contributed by atoms with Crippen LogP contribution < -0.4 is 5.73 Å². The van der Waals surface area contributed by atoms with Gasteiger partial charge in [-0.15, -0.1) is 11.8 Å². The third-order valence-electron chi connectivity index (χ3n) is 3.15. The zero-order valence-electron chi connectivity index (χ0n) is 11.7. The molecule has 1 nitrogen and oxygen atoms in total. The van der Waals surface area contributed by atoms with Crippen molar-refractivity contribution in [3.63, 3.8) is 0 Å². The number of nitrogen functional groups attached to an aromatic ring is 1. The minimum absolute atomic E-state index is 0.853. The van der Waals surface area contributed by atoms with Crippen molar-refractivity contribution in [1.29, 1.82) is 0 Å². The molecule has 2 heteroatoms. The van der Waals surface area contributed by atoms with E-state index in [-0.39, 0.29) is 0 Å². The van der Waals surface area contributed by atoms with Crippen LogP contribution in [-0.4, -0.2) is 5.75 Å². The monoisotopic (exact) mass is 265 g/mol. The average molecular weight is 265 g/mol. The van der Waals surface area contributed by atoms with E-state index < -0.39 is 0 Å². The molecule has 1 rings (SSSR count). The van der Waals surface area contributed by atoms with E-state index in [1.54, 1.807) is 0 Å². The SMILES string of the molecule is CCCCCCCCCCSc1ccc(N)cc1. The lowest BCUT2D eigenvalue weighted by Gasteiger charge is -2.03. The van der Waals surface area contributed by atoms with Gasteiger partial charge in [-0.3, -0.25) is 0 Å².